The number of nitrogens with zero attached hydrogens (tertiary/aromatic N) is 4. The van der Waals surface area contributed by atoms with Gasteiger partial charge in [-0.2, -0.15) is 5.10 Å². The number of benzene rings is 1. The minimum absolute atomic E-state index is 0.674. The van der Waals surface area contributed by atoms with Crippen LogP contribution in [0.5, 0.6) is 0 Å². The Morgan fingerprint density at radius 3 is 2.79 bits per heavy atom. The van der Waals surface area contributed by atoms with E-state index in [0.29, 0.717) is 6.54 Å². The minimum Gasteiger partial charge on any atom is -0.365 e. The van der Waals surface area contributed by atoms with Crippen molar-refractivity contribution in [2.75, 3.05) is 5.32 Å². The van der Waals surface area contributed by atoms with Crippen LogP contribution in [0, 0.1) is 13.8 Å². The highest BCUT2D eigenvalue weighted by atomic mass is 32.1. The van der Waals surface area contributed by atoms with Crippen LogP contribution in [0.2, 0.25) is 0 Å². The second-order valence-electron chi connectivity index (χ2n) is 5.67. The van der Waals surface area contributed by atoms with Gasteiger partial charge in [0.05, 0.1) is 17.3 Å². The third-order valence-corrected chi connectivity index (χ3v) is 5.20. The minimum atomic E-state index is 0.674. The molecule has 0 spiro atoms. The Kier molecular flexibility index (Phi) is 3.74. The van der Waals surface area contributed by atoms with Gasteiger partial charge in [0.25, 0.3) is 0 Å². The van der Waals surface area contributed by atoms with Gasteiger partial charge in [-0.05, 0) is 31.5 Å². The zero-order valence-electron chi connectivity index (χ0n) is 13.5. The number of thiophene rings is 1. The maximum absolute atomic E-state index is 4.43. The highest BCUT2D eigenvalue weighted by Gasteiger charge is 2.12. The molecule has 0 saturated heterocycles. The molecule has 0 fully saturated rings. The van der Waals surface area contributed by atoms with Crippen molar-refractivity contribution in [2.45, 2.75) is 20.4 Å². The molecule has 120 valence electrons. The first-order valence-electron chi connectivity index (χ1n) is 7.76. The zero-order valence-corrected chi connectivity index (χ0v) is 14.3. The lowest BCUT2D eigenvalue weighted by Gasteiger charge is -2.06. The molecule has 3 heterocycles. The predicted molar refractivity (Wildman–Crippen MR) is 97.8 cm³/mol. The molecule has 5 nitrogen and oxygen atoms in total. The fraction of sp³-hybridized carbons (Fsp3) is 0.167. The molecule has 4 aromatic rings. The van der Waals surface area contributed by atoms with Gasteiger partial charge in [-0.15, -0.1) is 11.3 Å². The van der Waals surface area contributed by atoms with E-state index in [1.165, 1.54) is 10.4 Å². The first-order chi connectivity index (χ1) is 11.7. The normalized spacial score (nSPS) is 11.1. The lowest BCUT2D eigenvalue weighted by molar-refractivity contribution is 0.880. The van der Waals surface area contributed by atoms with E-state index in [4.69, 9.17) is 0 Å². The summed E-state index contributed by atoms with van der Waals surface area (Å²) in [5, 5.41) is 8.97. The molecule has 1 N–H and O–H groups in total. The summed E-state index contributed by atoms with van der Waals surface area (Å²) < 4.78 is 1.88. The average Bonchev–Trinajstić information content (AvgIpc) is 3.19. The van der Waals surface area contributed by atoms with Gasteiger partial charge in [-0.1, -0.05) is 18.2 Å². The molecule has 0 saturated carbocycles. The molecule has 0 bridgehead atoms. The lowest BCUT2D eigenvalue weighted by Crippen LogP contribution is -2.02. The molecule has 0 aliphatic heterocycles. The van der Waals surface area contributed by atoms with Crippen LogP contribution in [-0.2, 0) is 6.54 Å². The maximum atomic E-state index is 4.43. The Morgan fingerprint density at radius 2 is 1.96 bits per heavy atom. The van der Waals surface area contributed by atoms with E-state index in [0.717, 1.165) is 27.3 Å². The second-order valence-corrected chi connectivity index (χ2v) is 6.87. The van der Waals surface area contributed by atoms with Crippen molar-refractivity contribution in [3.8, 4) is 5.69 Å². The van der Waals surface area contributed by atoms with Crippen LogP contribution in [0.4, 0.5) is 5.82 Å². The number of anilines is 1. The summed E-state index contributed by atoms with van der Waals surface area (Å²) in [5.74, 6) is 0.884. The lowest BCUT2D eigenvalue weighted by atomic mass is 10.2. The van der Waals surface area contributed by atoms with Crippen LogP contribution >= 0.6 is 11.3 Å². The molecule has 0 atom stereocenters. The molecule has 6 heteroatoms. The number of rotatable bonds is 4. The van der Waals surface area contributed by atoms with Crippen molar-refractivity contribution in [3.63, 3.8) is 0 Å². The van der Waals surface area contributed by atoms with Gasteiger partial charge >= 0.3 is 0 Å². The highest BCUT2D eigenvalue weighted by Crippen LogP contribution is 2.32. The van der Waals surface area contributed by atoms with E-state index in [1.54, 1.807) is 17.7 Å². The summed E-state index contributed by atoms with van der Waals surface area (Å²) in [6.45, 7) is 4.92. The first-order valence-corrected chi connectivity index (χ1v) is 8.57. The number of hydrogen-bond acceptors (Lipinski definition) is 5. The second kappa shape index (κ2) is 6.05. The monoisotopic (exact) mass is 335 g/mol. The van der Waals surface area contributed by atoms with E-state index in [9.17, 15) is 0 Å². The van der Waals surface area contributed by atoms with Crippen LogP contribution in [0.1, 0.15) is 16.0 Å². The highest BCUT2D eigenvalue weighted by molar-refractivity contribution is 7.18. The van der Waals surface area contributed by atoms with Crippen LogP contribution in [-0.4, -0.2) is 19.7 Å². The fourth-order valence-electron chi connectivity index (χ4n) is 2.68. The molecule has 0 amide bonds. The van der Waals surface area contributed by atoms with Gasteiger partial charge in [0, 0.05) is 23.2 Å². The van der Waals surface area contributed by atoms with Crippen molar-refractivity contribution in [2.24, 2.45) is 0 Å². The topological polar surface area (TPSA) is 55.6 Å². The van der Waals surface area contributed by atoms with E-state index < -0.39 is 0 Å². The predicted octanol–water partition coefficient (Wildman–Crippen LogP) is 4.11. The Hall–Kier alpha value is -2.73. The van der Waals surface area contributed by atoms with Crippen LogP contribution < -0.4 is 5.32 Å². The van der Waals surface area contributed by atoms with Gasteiger partial charge < -0.3 is 5.32 Å². The van der Waals surface area contributed by atoms with Gasteiger partial charge in [0.2, 0.25) is 0 Å². The summed E-state index contributed by atoms with van der Waals surface area (Å²) in [4.78, 5) is 11.1. The number of hydrogen-bond donors (Lipinski definition) is 1. The summed E-state index contributed by atoms with van der Waals surface area (Å²) in [6, 6.07) is 10.1. The smallest absolute Gasteiger partial charge is 0.138 e. The Labute approximate surface area is 144 Å². The molecular formula is C18H17N5S. The number of para-hydroxylation sites is 1. The standard InChI is InChI=1S/C18H17N5S/c1-12-13(2)24-18-16(12)17(20-11-21-18)19-8-14-9-22-23(10-14)15-6-4-3-5-7-15/h3-7,9-11H,8H2,1-2H3,(H,19,20,21). The summed E-state index contributed by atoms with van der Waals surface area (Å²) in [5.41, 5.74) is 3.41. The van der Waals surface area contributed by atoms with E-state index in [-0.39, 0.29) is 0 Å². The van der Waals surface area contributed by atoms with Gasteiger partial charge in [0.1, 0.15) is 17.0 Å². The molecule has 24 heavy (non-hydrogen) atoms. The Morgan fingerprint density at radius 1 is 1.12 bits per heavy atom. The van der Waals surface area contributed by atoms with Crippen LogP contribution in [0.25, 0.3) is 15.9 Å². The zero-order chi connectivity index (χ0) is 16.5. The van der Waals surface area contributed by atoms with Crippen molar-refractivity contribution in [3.05, 3.63) is 65.1 Å². The molecule has 4 rings (SSSR count). The van der Waals surface area contributed by atoms with Gasteiger partial charge in [-0.25, -0.2) is 14.6 Å². The third kappa shape index (κ3) is 2.65. The average molecular weight is 335 g/mol. The van der Waals surface area contributed by atoms with Crippen LogP contribution in [0.3, 0.4) is 0 Å². The first kappa shape index (κ1) is 14.8. The van der Waals surface area contributed by atoms with Crippen molar-refractivity contribution in [1.82, 2.24) is 19.7 Å². The summed E-state index contributed by atoms with van der Waals surface area (Å²) >= 11 is 1.71. The van der Waals surface area contributed by atoms with Crippen molar-refractivity contribution >= 4 is 27.4 Å². The summed E-state index contributed by atoms with van der Waals surface area (Å²) in [6.07, 6.45) is 5.53. The quantitative estimate of drug-likeness (QED) is 0.610. The Bertz CT molecular complexity index is 987. The van der Waals surface area contributed by atoms with Crippen molar-refractivity contribution in [1.29, 1.82) is 0 Å². The SMILES string of the molecule is Cc1sc2ncnc(NCc3cnn(-c4ccccc4)c3)c2c1C. The maximum Gasteiger partial charge on any atom is 0.138 e. The largest absolute Gasteiger partial charge is 0.365 e. The van der Waals surface area contributed by atoms with E-state index in [1.807, 2.05) is 47.4 Å². The van der Waals surface area contributed by atoms with Crippen LogP contribution in [0.15, 0.2) is 49.1 Å². The fourth-order valence-corrected chi connectivity index (χ4v) is 3.67. The summed E-state index contributed by atoms with van der Waals surface area (Å²) in [7, 11) is 0. The number of aryl methyl sites for hydroxylation is 2. The van der Waals surface area contributed by atoms with E-state index >= 15 is 0 Å². The number of nitrogens with one attached hydrogen (secondary N) is 1. The molecule has 3 aromatic heterocycles. The number of fused-ring (bicyclic) bond motifs is 1. The molecular weight excluding hydrogens is 318 g/mol. The molecule has 0 radical (unpaired) electrons. The molecule has 0 aliphatic carbocycles. The third-order valence-electron chi connectivity index (χ3n) is 4.08. The van der Waals surface area contributed by atoms with E-state index in [2.05, 4.69) is 34.2 Å². The van der Waals surface area contributed by atoms with Gasteiger partial charge in [-0.3, -0.25) is 0 Å². The van der Waals surface area contributed by atoms with Crippen molar-refractivity contribution < 1.29 is 0 Å². The molecule has 1 aromatic carbocycles. The Balaban J connectivity index is 1.57. The van der Waals surface area contributed by atoms with Gasteiger partial charge in [0.15, 0.2) is 0 Å². The molecule has 0 aliphatic rings. The number of aromatic nitrogens is 4. The molecule has 0 unspecified atom stereocenters.